The quantitative estimate of drug-likeness (QED) is 0.272. The van der Waals surface area contributed by atoms with Gasteiger partial charge in [-0.15, -0.1) is 0 Å². The number of nitrogens with zero attached hydrogens (tertiary/aromatic N) is 2. The lowest BCUT2D eigenvalue weighted by Gasteiger charge is -2.26. The molecule has 11 heteroatoms. The van der Waals surface area contributed by atoms with Crippen molar-refractivity contribution in [3.63, 3.8) is 0 Å². The van der Waals surface area contributed by atoms with Gasteiger partial charge in [-0.05, 0) is 77.9 Å². The van der Waals surface area contributed by atoms with Crippen LogP contribution in [0.25, 0.3) is 6.08 Å². The van der Waals surface area contributed by atoms with Gasteiger partial charge in [-0.25, -0.2) is 9.79 Å². The fraction of sp³-hybridized carbons (Fsp3) is 0.269. The zero-order chi connectivity index (χ0) is 26.9. The predicted octanol–water partition coefficient (Wildman–Crippen LogP) is 4.19. The molecule has 1 aromatic heterocycles. The fourth-order valence-electron chi connectivity index (χ4n) is 4.09. The van der Waals surface area contributed by atoms with Gasteiger partial charge in [-0.2, -0.15) is 0 Å². The van der Waals surface area contributed by atoms with Crippen molar-refractivity contribution in [1.82, 2.24) is 4.57 Å². The van der Waals surface area contributed by atoms with Gasteiger partial charge in [0.1, 0.15) is 5.75 Å². The van der Waals surface area contributed by atoms with E-state index in [1.807, 2.05) is 24.3 Å². The van der Waals surface area contributed by atoms with Crippen molar-refractivity contribution in [1.29, 1.82) is 0 Å². The summed E-state index contributed by atoms with van der Waals surface area (Å²) in [6.07, 6.45) is 1.82. The average Bonchev–Trinajstić information content (AvgIpc) is 3.17. The minimum absolute atomic E-state index is 0.190. The molecule has 0 spiro atoms. The van der Waals surface area contributed by atoms with Crippen LogP contribution < -0.4 is 29.1 Å². The molecular formula is C26H24BrIN2O6S. The lowest BCUT2D eigenvalue weighted by atomic mass is 9.95. The fourth-order valence-corrected chi connectivity index (χ4v) is 6.43. The number of rotatable bonds is 7. The van der Waals surface area contributed by atoms with Crippen LogP contribution in [0.1, 0.15) is 31.0 Å². The van der Waals surface area contributed by atoms with Crippen molar-refractivity contribution < 1.29 is 23.7 Å². The van der Waals surface area contributed by atoms with Gasteiger partial charge < -0.3 is 18.9 Å². The lowest BCUT2D eigenvalue weighted by molar-refractivity contribution is -0.139. The molecule has 1 aliphatic heterocycles. The molecule has 3 aromatic rings. The third kappa shape index (κ3) is 5.21. The highest BCUT2D eigenvalue weighted by Crippen LogP contribution is 2.40. The third-order valence-corrected chi connectivity index (χ3v) is 8.30. The predicted molar refractivity (Wildman–Crippen MR) is 153 cm³/mol. The van der Waals surface area contributed by atoms with Crippen LogP contribution in [0.2, 0.25) is 0 Å². The van der Waals surface area contributed by atoms with Gasteiger partial charge in [0.25, 0.3) is 5.56 Å². The number of hydrogen-bond donors (Lipinski definition) is 0. The highest BCUT2D eigenvalue weighted by Gasteiger charge is 2.35. The highest BCUT2D eigenvalue weighted by atomic mass is 127. The Hall–Kier alpha value is -2.64. The molecule has 1 atom stereocenters. The van der Waals surface area contributed by atoms with Crippen molar-refractivity contribution in [3.8, 4) is 17.2 Å². The first-order valence-electron chi connectivity index (χ1n) is 11.2. The number of ether oxygens (including phenoxy) is 4. The topological polar surface area (TPSA) is 88.4 Å². The second-order valence-corrected chi connectivity index (χ2v) is 11.0. The smallest absolute Gasteiger partial charge is 0.338 e. The third-order valence-electron chi connectivity index (χ3n) is 5.79. The lowest BCUT2D eigenvalue weighted by Crippen LogP contribution is -2.40. The molecule has 2 heterocycles. The maximum absolute atomic E-state index is 13.8. The summed E-state index contributed by atoms with van der Waals surface area (Å²) in [6.45, 7) is 3.67. The van der Waals surface area contributed by atoms with Crippen LogP contribution in [0.5, 0.6) is 17.2 Å². The number of carbonyl (C=O) groups is 1. The molecule has 0 saturated carbocycles. The van der Waals surface area contributed by atoms with E-state index < -0.39 is 12.0 Å². The number of halogens is 2. The van der Waals surface area contributed by atoms with Crippen molar-refractivity contribution in [2.24, 2.45) is 4.99 Å². The zero-order valence-corrected chi connectivity index (χ0v) is 25.3. The second-order valence-electron chi connectivity index (χ2n) is 7.92. The number of aromatic nitrogens is 1. The van der Waals surface area contributed by atoms with Gasteiger partial charge in [0.05, 0.1) is 53.4 Å². The SMILES string of the molecule is CCOC(=O)C1=C(C)N=c2s/c(=C/c3ccc(OC)c(I)c3)c(=O)n2[C@@H]1c1cc(OC)c(OC)cc1Br. The molecular weight excluding hydrogens is 675 g/mol. The molecule has 194 valence electrons. The van der Waals surface area contributed by atoms with Crippen LogP contribution in [0.15, 0.2) is 55.9 Å². The Morgan fingerprint density at radius 3 is 2.43 bits per heavy atom. The normalized spacial score (nSPS) is 15.2. The number of allylic oxidation sites excluding steroid dienone is 1. The first-order chi connectivity index (χ1) is 17.7. The summed E-state index contributed by atoms with van der Waals surface area (Å²) >= 11 is 7.06. The van der Waals surface area contributed by atoms with Gasteiger partial charge >= 0.3 is 5.97 Å². The molecule has 0 bridgehead atoms. The van der Waals surface area contributed by atoms with Gasteiger partial charge in [-0.3, -0.25) is 9.36 Å². The second kappa shape index (κ2) is 11.4. The molecule has 8 nitrogen and oxygen atoms in total. The molecule has 0 unspecified atom stereocenters. The first-order valence-corrected chi connectivity index (χ1v) is 13.9. The van der Waals surface area contributed by atoms with Crippen LogP contribution >= 0.6 is 49.9 Å². The van der Waals surface area contributed by atoms with Crippen molar-refractivity contribution in [3.05, 3.63) is 80.5 Å². The molecule has 0 amide bonds. The number of thiazole rings is 1. The van der Waals surface area contributed by atoms with E-state index in [-0.39, 0.29) is 17.7 Å². The summed E-state index contributed by atoms with van der Waals surface area (Å²) in [5, 5.41) is 0. The molecule has 0 fully saturated rings. The molecule has 0 N–H and O–H groups in total. The molecule has 4 rings (SSSR count). The van der Waals surface area contributed by atoms with E-state index in [1.165, 1.54) is 23.0 Å². The molecule has 0 saturated heterocycles. The summed E-state index contributed by atoms with van der Waals surface area (Å²) in [4.78, 5) is 32.1. The van der Waals surface area contributed by atoms with E-state index >= 15 is 0 Å². The van der Waals surface area contributed by atoms with E-state index in [0.29, 0.717) is 36.6 Å². The molecule has 2 aromatic carbocycles. The van der Waals surface area contributed by atoms with Crippen molar-refractivity contribution in [2.75, 3.05) is 27.9 Å². The summed E-state index contributed by atoms with van der Waals surface area (Å²) < 4.78 is 25.3. The largest absolute Gasteiger partial charge is 0.496 e. The number of fused-ring (bicyclic) bond motifs is 1. The first kappa shape index (κ1) is 27.4. The van der Waals surface area contributed by atoms with Crippen molar-refractivity contribution in [2.45, 2.75) is 19.9 Å². The Balaban J connectivity index is 1.99. The minimum Gasteiger partial charge on any atom is -0.496 e. The van der Waals surface area contributed by atoms with Crippen LogP contribution in [0, 0.1) is 3.57 Å². The minimum atomic E-state index is -0.789. The standard InChI is InChI=1S/C26H24BrIN2O6S/c1-6-36-25(32)22-13(2)29-26-30(23(22)15-11-19(34-4)20(35-5)12-16(15)27)24(31)21(37-26)10-14-7-8-18(33-3)17(28)9-14/h7-12,23H,6H2,1-5H3/b21-10+/t23-/m1/s1. The Morgan fingerprint density at radius 2 is 1.81 bits per heavy atom. The van der Waals surface area contributed by atoms with E-state index in [9.17, 15) is 9.59 Å². The van der Waals surface area contributed by atoms with Crippen molar-refractivity contribution >= 4 is 61.9 Å². The Labute approximate surface area is 239 Å². The number of hydrogen-bond acceptors (Lipinski definition) is 8. The Bertz CT molecular complexity index is 1590. The molecule has 1 aliphatic rings. The Kier molecular flexibility index (Phi) is 8.44. The average molecular weight is 699 g/mol. The monoisotopic (exact) mass is 698 g/mol. The Morgan fingerprint density at radius 1 is 1.14 bits per heavy atom. The van der Waals surface area contributed by atoms with Crippen LogP contribution in [-0.2, 0) is 9.53 Å². The summed E-state index contributed by atoms with van der Waals surface area (Å²) in [7, 11) is 4.69. The maximum Gasteiger partial charge on any atom is 0.338 e. The number of benzene rings is 2. The van der Waals surface area contributed by atoms with E-state index in [0.717, 1.165) is 14.9 Å². The summed E-state index contributed by atoms with van der Waals surface area (Å²) in [6, 6.07) is 8.40. The number of methoxy groups -OCH3 is 3. The van der Waals surface area contributed by atoms with Crippen LogP contribution in [0.4, 0.5) is 0 Å². The van der Waals surface area contributed by atoms with Gasteiger partial charge in [0.2, 0.25) is 0 Å². The van der Waals surface area contributed by atoms with E-state index in [1.54, 1.807) is 40.2 Å². The van der Waals surface area contributed by atoms with E-state index in [2.05, 4.69) is 43.5 Å². The number of esters is 1. The summed E-state index contributed by atoms with van der Waals surface area (Å²) in [5.74, 6) is 1.20. The highest BCUT2D eigenvalue weighted by molar-refractivity contribution is 14.1. The van der Waals surface area contributed by atoms with Gasteiger partial charge in [0, 0.05) is 4.47 Å². The molecule has 0 aliphatic carbocycles. The van der Waals surface area contributed by atoms with Gasteiger partial charge in [0.15, 0.2) is 16.3 Å². The zero-order valence-electron chi connectivity index (χ0n) is 20.8. The molecule has 0 radical (unpaired) electrons. The van der Waals surface area contributed by atoms with Gasteiger partial charge in [-0.1, -0.05) is 33.3 Å². The maximum atomic E-state index is 13.8. The summed E-state index contributed by atoms with van der Waals surface area (Å²) in [5.41, 5.74) is 1.99. The van der Waals surface area contributed by atoms with Crippen LogP contribution in [-0.4, -0.2) is 38.5 Å². The number of carbonyl (C=O) groups excluding carboxylic acids is 1. The molecule has 37 heavy (non-hydrogen) atoms. The van der Waals surface area contributed by atoms with E-state index in [4.69, 9.17) is 18.9 Å². The van der Waals surface area contributed by atoms with Crippen LogP contribution in [0.3, 0.4) is 0 Å².